The smallest absolute Gasteiger partial charge is 0.165 e. The Balaban J connectivity index is 2.40. The summed E-state index contributed by atoms with van der Waals surface area (Å²) in [6, 6.07) is 7.88. The van der Waals surface area contributed by atoms with Crippen molar-refractivity contribution in [1.82, 2.24) is 0 Å². The standard InChI is InChI=1S/C12H13NOS/c1-8(13)6-11(14)10-7-15-12-5-3-2-4-9(10)12/h2-5,7-8H,6,13H2,1H3. The van der Waals surface area contributed by atoms with Crippen molar-refractivity contribution in [2.24, 2.45) is 5.73 Å². The molecule has 15 heavy (non-hydrogen) atoms. The Morgan fingerprint density at radius 2 is 2.20 bits per heavy atom. The van der Waals surface area contributed by atoms with Crippen molar-refractivity contribution < 1.29 is 4.79 Å². The maximum absolute atomic E-state index is 11.9. The SMILES string of the molecule is CC(N)CC(=O)c1csc2ccccc12. The second kappa shape index (κ2) is 4.13. The number of ketones is 1. The highest BCUT2D eigenvalue weighted by Gasteiger charge is 2.12. The second-order valence-corrected chi connectivity index (χ2v) is 4.66. The summed E-state index contributed by atoms with van der Waals surface area (Å²) >= 11 is 1.61. The van der Waals surface area contributed by atoms with E-state index in [4.69, 9.17) is 5.73 Å². The van der Waals surface area contributed by atoms with Gasteiger partial charge in [-0.2, -0.15) is 0 Å². The van der Waals surface area contributed by atoms with Crippen LogP contribution in [0.3, 0.4) is 0 Å². The van der Waals surface area contributed by atoms with Gasteiger partial charge in [-0.3, -0.25) is 4.79 Å². The molecule has 3 heteroatoms. The molecule has 0 saturated heterocycles. The molecular formula is C12H13NOS. The lowest BCUT2D eigenvalue weighted by Crippen LogP contribution is -2.19. The van der Waals surface area contributed by atoms with Crippen LogP contribution in [0.4, 0.5) is 0 Å². The average molecular weight is 219 g/mol. The number of nitrogens with two attached hydrogens (primary N) is 1. The van der Waals surface area contributed by atoms with Crippen LogP contribution in [0.5, 0.6) is 0 Å². The Morgan fingerprint density at radius 3 is 2.93 bits per heavy atom. The topological polar surface area (TPSA) is 43.1 Å². The molecule has 1 unspecified atom stereocenters. The number of fused-ring (bicyclic) bond motifs is 1. The van der Waals surface area contributed by atoms with E-state index in [2.05, 4.69) is 0 Å². The fourth-order valence-corrected chi connectivity index (χ4v) is 2.56. The van der Waals surface area contributed by atoms with E-state index in [0.29, 0.717) is 6.42 Å². The summed E-state index contributed by atoms with van der Waals surface area (Å²) in [6.45, 7) is 1.85. The molecule has 1 aromatic heterocycles. The van der Waals surface area contributed by atoms with Crippen LogP contribution in [-0.4, -0.2) is 11.8 Å². The number of carbonyl (C=O) groups excluding carboxylic acids is 1. The normalized spacial score (nSPS) is 12.9. The van der Waals surface area contributed by atoms with Crippen molar-refractivity contribution in [1.29, 1.82) is 0 Å². The molecule has 2 N–H and O–H groups in total. The molecule has 1 heterocycles. The minimum Gasteiger partial charge on any atom is -0.328 e. The predicted molar refractivity (Wildman–Crippen MR) is 64.4 cm³/mol. The Labute approximate surface area is 92.7 Å². The molecule has 2 aromatic rings. The fraction of sp³-hybridized carbons (Fsp3) is 0.250. The lowest BCUT2D eigenvalue weighted by molar-refractivity contribution is 0.0978. The third-order valence-electron chi connectivity index (χ3n) is 2.29. The minimum absolute atomic E-state index is 0.0730. The van der Waals surface area contributed by atoms with Gasteiger partial charge in [-0.15, -0.1) is 11.3 Å². The number of rotatable bonds is 3. The van der Waals surface area contributed by atoms with Crippen molar-refractivity contribution in [3.63, 3.8) is 0 Å². The maximum Gasteiger partial charge on any atom is 0.165 e. The Morgan fingerprint density at radius 1 is 1.47 bits per heavy atom. The zero-order valence-corrected chi connectivity index (χ0v) is 9.38. The molecule has 0 saturated carbocycles. The van der Waals surface area contributed by atoms with Crippen LogP contribution >= 0.6 is 11.3 Å². The van der Waals surface area contributed by atoms with Crippen LogP contribution in [0.1, 0.15) is 23.7 Å². The van der Waals surface area contributed by atoms with E-state index in [1.165, 1.54) is 0 Å². The summed E-state index contributed by atoms with van der Waals surface area (Å²) in [5, 5.41) is 2.98. The van der Waals surface area contributed by atoms with Gasteiger partial charge in [0.2, 0.25) is 0 Å². The number of benzene rings is 1. The summed E-state index contributed by atoms with van der Waals surface area (Å²) in [7, 11) is 0. The molecular weight excluding hydrogens is 206 g/mol. The van der Waals surface area contributed by atoms with E-state index < -0.39 is 0 Å². The molecule has 1 atom stereocenters. The van der Waals surface area contributed by atoms with Crippen LogP contribution in [0.15, 0.2) is 29.6 Å². The van der Waals surface area contributed by atoms with Crippen molar-refractivity contribution >= 4 is 27.2 Å². The van der Waals surface area contributed by atoms with Gasteiger partial charge in [-0.05, 0) is 13.0 Å². The molecule has 78 valence electrons. The molecule has 0 aliphatic rings. The highest BCUT2D eigenvalue weighted by Crippen LogP contribution is 2.26. The number of carbonyl (C=O) groups is 1. The molecule has 0 radical (unpaired) electrons. The quantitative estimate of drug-likeness (QED) is 0.807. The number of thiophene rings is 1. The van der Waals surface area contributed by atoms with Crippen molar-refractivity contribution in [2.45, 2.75) is 19.4 Å². The Bertz CT molecular complexity index is 487. The van der Waals surface area contributed by atoms with Gasteiger partial charge in [-0.25, -0.2) is 0 Å². The summed E-state index contributed by atoms with van der Waals surface area (Å²) < 4.78 is 1.16. The Kier molecular flexibility index (Phi) is 2.84. The van der Waals surface area contributed by atoms with Gasteiger partial charge in [0.1, 0.15) is 0 Å². The molecule has 0 fully saturated rings. The number of hydrogen-bond donors (Lipinski definition) is 1. The number of Topliss-reactive ketones (excluding diaryl/α,β-unsaturated/α-hetero) is 1. The van der Waals surface area contributed by atoms with E-state index in [-0.39, 0.29) is 11.8 Å². The zero-order chi connectivity index (χ0) is 10.8. The van der Waals surface area contributed by atoms with Crippen molar-refractivity contribution in [3.8, 4) is 0 Å². The zero-order valence-electron chi connectivity index (χ0n) is 8.57. The van der Waals surface area contributed by atoms with Crippen LogP contribution in [0, 0.1) is 0 Å². The third kappa shape index (κ3) is 2.08. The summed E-state index contributed by atoms with van der Waals surface area (Å²) in [6.07, 6.45) is 0.417. The minimum atomic E-state index is -0.0730. The van der Waals surface area contributed by atoms with Gasteiger partial charge in [0, 0.05) is 33.5 Å². The van der Waals surface area contributed by atoms with Gasteiger partial charge in [0.05, 0.1) is 0 Å². The maximum atomic E-state index is 11.9. The summed E-state index contributed by atoms with van der Waals surface area (Å²) in [5.74, 6) is 0.141. The highest BCUT2D eigenvalue weighted by atomic mass is 32.1. The van der Waals surface area contributed by atoms with Gasteiger partial charge in [0.15, 0.2) is 5.78 Å². The molecule has 1 aromatic carbocycles. The highest BCUT2D eigenvalue weighted by molar-refractivity contribution is 7.17. The molecule has 2 nitrogen and oxygen atoms in total. The first-order valence-electron chi connectivity index (χ1n) is 4.93. The molecule has 0 bridgehead atoms. The third-order valence-corrected chi connectivity index (χ3v) is 3.25. The lowest BCUT2D eigenvalue weighted by atomic mass is 10.0. The molecule has 2 rings (SSSR count). The molecule has 0 aliphatic carbocycles. The Hall–Kier alpha value is -1.19. The fourth-order valence-electron chi connectivity index (χ4n) is 1.60. The van der Waals surface area contributed by atoms with Crippen LogP contribution in [0.2, 0.25) is 0 Å². The molecule has 0 spiro atoms. The average Bonchev–Trinajstić information content (AvgIpc) is 2.59. The van der Waals surface area contributed by atoms with Gasteiger partial charge in [0.25, 0.3) is 0 Å². The van der Waals surface area contributed by atoms with Crippen molar-refractivity contribution in [2.75, 3.05) is 0 Å². The molecule has 0 aliphatic heterocycles. The second-order valence-electron chi connectivity index (χ2n) is 3.75. The van der Waals surface area contributed by atoms with E-state index in [1.807, 2.05) is 36.6 Å². The largest absolute Gasteiger partial charge is 0.328 e. The van der Waals surface area contributed by atoms with Crippen LogP contribution < -0.4 is 5.73 Å². The molecule has 0 amide bonds. The first kappa shape index (κ1) is 10.3. The summed E-state index contributed by atoms with van der Waals surface area (Å²) in [5.41, 5.74) is 6.44. The van der Waals surface area contributed by atoms with Crippen LogP contribution in [-0.2, 0) is 0 Å². The first-order valence-corrected chi connectivity index (χ1v) is 5.81. The van der Waals surface area contributed by atoms with Gasteiger partial charge in [-0.1, -0.05) is 18.2 Å². The van der Waals surface area contributed by atoms with Crippen molar-refractivity contribution in [3.05, 3.63) is 35.2 Å². The monoisotopic (exact) mass is 219 g/mol. The van der Waals surface area contributed by atoms with Gasteiger partial charge >= 0.3 is 0 Å². The van der Waals surface area contributed by atoms with E-state index >= 15 is 0 Å². The first-order chi connectivity index (χ1) is 7.18. The van der Waals surface area contributed by atoms with E-state index in [1.54, 1.807) is 11.3 Å². The predicted octanol–water partition coefficient (Wildman–Crippen LogP) is 2.82. The van der Waals surface area contributed by atoms with E-state index in [0.717, 1.165) is 15.6 Å². The van der Waals surface area contributed by atoms with E-state index in [9.17, 15) is 4.79 Å². The summed E-state index contributed by atoms with van der Waals surface area (Å²) in [4.78, 5) is 11.9. The number of hydrogen-bond acceptors (Lipinski definition) is 3. The lowest BCUT2D eigenvalue weighted by Gasteiger charge is -2.02. The van der Waals surface area contributed by atoms with Crippen LogP contribution in [0.25, 0.3) is 10.1 Å². The van der Waals surface area contributed by atoms with Gasteiger partial charge < -0.3 is 5.73 Å².